The largest absolute Gasteiger partial charge is 0.505 e. The van der Waals surface area contributed by atoms with E-state index < -0.39 is 11.2 Å². The lowest BCUT2D eigenvalue weighted by atomic mass is 10.1. The molecule has 0 aliphatic carbocycles. The van der Waals surface area contributed by atoms with Gasteiger partial charge in [-0.1, -0.05) is 29.5 Å². The fraction of sp³-hybridized carbons (Fsp3) is 0.182. The molecule has 7 heteroatoms. The Morgan fingerprint density at radius 1 is 1.14 bits per heavy atom. The Hall–Kier alpha value is -3.19. The Kier molecular flexibility index (Phi) is 4.84. The van der Waals surface area contributed by atoms with Crippen LogP contribution >= 0.6 is 11.8 Å². The Morgan fingerprint density at radius 2 is 1.86 bits per heavy atom. The van der Waals surface area contributed by atoms with Crippen molar-refractivity contribution in [3.05, 3.63) is 68.8 Å². The molecule has 0 spiro atoms. The molecule has 2 aromatic carbocycles. The highest BCUT2D eigenvalue weighted by Gasteiger charge is 2.22. The average Bonchev–Trinajstić information content (AvgIpc) is 2.72. The summed E-state index contributed by atoms with van der Waals surface area (Å²) in [6, 6.07) is 12.7. The molecule has 0 fully saturated rings. The zero-order valence-corrected chi connectivity index (χ0v) is 17.0. The van der Waals surface area contributed by atoms with Crippen molar-refractivity contribution in [2.45, 2.75) is 30.2 Å². The summed E-state index contributed by atoms with van der Waals surface area (Å²) < 4.78 is 12.4. The molecule has 0 aliphatic rings. The topological polar surface area (TPSA) is 81.7 Å². The molecule has 2 aromatic heterocycles. The van der Waals surface area contributed by atoms with Crippen molar-refractivity contribution < 1.29 is 14.3 Å². The van der Waals surface area contributed by atoms with E-state index in [-0.39, 0.29) is 21.6 Å². The molecule has 0 unspecified atom stereocenters. The molecule has 2 heterocycles. The zero-order chi connectivity index (χ0) is 20.7. The number of hydrogen-bond donors (Lipinski definition) is 1. The highest BCUT2D eigenvalue weighted by Crippen LogP contribution is 2.37. The summed E-state index contributed by atoms with van der Waals surface area (Å²) in [5.41, 5.74) is 0.637. The van der Waals surface area contributed by atoms with Crippen LogP contribution in [0.25, 0.3) is 21.9 Å². The fourth-order valence-electron chi connectivity index (χ4n) is 3.33. The quantitative estimate of drug-likeness (QED) is 0.506. The third kappa shape index (κ3) is 3.17. The molecule has 148 valence electrons. The number of fused-ring (bicyclic) bond motifs is 3. The van der Waals surface area contributed by atoms with E-state index in [9.17, 15) is 14.7 Å². The molecule has 0 aliphatic heterocycles. The van der Waals surface area contributed by atoms with Crippen LogP contribution in [0.3, 0.4) is 0 Å². The van der Waals surface area contributed by atoms with Crippen LogP contribution in [0.2, 0.25) is 0 Å². The van der Waals surface area contributed by atoms with Crippen LogP contribution in [0.4, 0.5) is 0 Å². The van der Waals surface area contributed by atoms with E-state index in [1.165, 1.54) is 11.7 Å². The van der Waals surface area contributed by atoms with Crippen LogP contribution in [-0.4, -0.2) is 16.8 Å². The van der Waals surface area contributed by atoms with E-state index in [2.05, 4.69) is 0 Å². The van der Waals surface area contributed by atoms with E-state index >= 15 is 0 Å². The first-order valence-corrected chi connectivity index (χ1v) is 9.91. The van der Waals surface area contributed by atoms with Crippen molar-refractivity contribution in [2.24, 2.45) is 0 Å². The lowest BCUT2D eigenvalue weighted by molar-refractivity contribution is 0.415. The predicted octanol–water partition coefficient (Wildman–Crippen LogP) is 4.30. The molecule has 0 saturated carbocycles. The van der Waals surface area contributed by atoms with Crippen molar-refractivity contribution in [1.29, 1.82) is 0 Å². The zero-order valence-electron chi connectivity index (χ0n) is 16.2. The van der Waals surface area contributed by atoms with Crippen LogP contribution in [-0.2, 0) is 6.54 Å². The van der Waals surface area contributed by atoms with Crippen molar-refractivity contribution in [3.63, 3.8) is 0 Å². The van der Waals surface area contributed by atoms with Crippen LogP contribution in [0.1, 0.15) is 12.5 Å². The SMILES string of the molecule is CCn1c(=O)c2c(O)c(Sc3ccc(C)cc3)c(=O)oc2c2cc(OC)ccc21. The molecular formula is C22H19NO5S. The molecule has 0 saturated heterocycles. The van der Waals surface area contributed by atoms with Gasteiger partial charge in [0.15, 0.2) is 11.3 Å². The van der Waals surface area contributed by atoms with Gasteiger partial charge >= 0.3 is 5.63 Å². The minimum absolute atomic E-state index is 0.0108. The van der Waals surface area contributed by atoms with E-state index in [4.69, 9.17) is 9.15 Å². The van der Waals surface area contributed by atoms with Gasteiger partial charge in [-0.15, -0.1) is 0 Å². The predicted molar refractivity (Wildman–Crippen MR) is 113 cm³/mol. The molecule has 0 atom stereocenters. The van der Waals surface area contributed by atoms with Gasteiger partial charge < -0.3 is 18.8 Å². The molecule has 0 amide bonds. The second kappa shape index (κ2) is 7.33. The van der Waals surface area contributed by atoms with Gasteiger partial charge in [0, 0.05) is 16.8 Å². The second-order valence-corrected chi connectivity index (χ2v) is 7.70. The highest BCUT2D eigenvalue weighted by molar-refractivity contribution is 7.99. The van der Waals surface area contributed by atoms with Gasteiger partial charge in [0.25, 0.3) is 5.56 Å². The normalized spacial score (nSPS) is 11.3. The van der Waals surface area contributed by atoms with Crippen LogP contribution in [0.15, 0.2) is 66.3 Å². The summed E-state index contributed by atoms with van der Waals surface area (Å²) in [7, 11) is 1.53. The molecule has 29 heavy (non-hydrogen) atoms. The van der Waals surface area contributed by atoms with Gasteiger partial charge in [-0.05, 0) is 44.2 Å². The van der Waals surface area contributed by atoms with E-state index in [1.807, 2.05) is 38.1 Å². The third-order valence-corrected chi connectivity index (χ3v) is 5.89. The molecule has 6 nitrogen and oxygen atoms in total. The minimum atomic E-state index is -0.696. The molecule has 4 rings (SSSR count). The summed E-state index contributed by atoms with van der Waals surface area (Å²) in [6.07, 6.45) is 0. The number of rotatable bonds is 4. The number of methoxy groups -OCH3 is 1. The monoisotopic (exact) mass is 409 g/mol. The van der Waals surface area contributed by atoms with Gasteiger partial charge in [-0.25, -0.2) is 4.79 Å². The number of hydrogen-bond acceptors (Lipinski definition) is 6. The smallest absolute Gasteiger partial charge is 0.354 e. The minimum Gasteiger partial charge on any atom is -0.505 e. The summed E-state index contributed by atoms with van der Waals surface area (Å²) in [4.78, 5) is 26.6. The number of aryl methyl sites for hydroxylation is 2. The number of aromatic nitrogens is 1. The standard InChI is InChI=1S/C22H19NO5S/c1-4-23-16-10-7-13(27-3)11-15(16)19-17(21(23)25)18(24)20(22(26)28-19)29-14-8-5-12(2)6-9-14/h5-11,24H,4H2,1-3H3. The first-order valence-electron chi connectivity index (χ1n) is 9.09. The Bertz CT molecular complexity index is 1350. The molecule has 1 N–H and O–H groups in total. The van der Waals surface area contributed by atoms with Gasteiger partial charge in [0.1, 0.15) is 16.0 Å². The van der Waals surface area contributed by atoms with E-state index in [0.717, 1.165) is 22.2 Å². The second-order valence-electron chi connectivity index (χ2n) is 6.62. The van der Waals surface area contributed by atoms with Crippen molar-refractivity contribution in [3.8, 4) is 11.5 Å². The Balaban J connectivity index is 2.06. The van der Waals surface area contributed by atoms with E-state index in [0.29, 0.717) is 23.2 Å². The Morgan fingerprint density at radius 3 is 2.52 bits per heavy atom. The molecular weight excluding hydrogens is 390 g/mol. The molecule has 0 bridgehead atoms. The number of aromatic hydroxyl groups is 1. The maximum Gasteiger partial charge on any atom is 0.354 e. The first-order chi connectivity index (χ1) is 13.9. The third-order valence-electron chi connectivity index (χ3n) is 4.81. The van der Waals surface area contributed by atoms with Crippen molar-refractivity contribution in [2.75, 3.05) is 7.11 Å². The summed E-state index contributed by atoms with van der Waals surface area (Å²) >= 11 is 1.07. The van der Waals surface area contributed by atoms with E-state index in [1.54, 1.807) is 18.2 Å². The van der Waals surface area contributed by atoms with Crippen molar-refractivity contribution in [1.82, 2.24) is 4.57 Å². The Labute approximate surface area is 170 Å². The lowest BCUT2D eigenvalue weighted by Gasteiger charge is -2.13. The summed E-state index contributed by atoms with van der Waals surface area (Å²) in [5, 5.41) is 11.4. The summed E-state index contributed by atoms with van der Waals surface area (Å²) in [5.74, 6) is 0.194. The summed E-state index contributed by atoms with van der Waals surface area (Å²) in [6.45, 7) is 4.20. The first kappa shape index (κ1) is 19.1. The fourth-order valence-corrected chi connectivity index (χ4v) is 4.16. The van der Waals surface area contributed by atoms with Crippen LogP contribution in [0, 0.1) is 6.92 Å². The average molecular weight is 409 g/mol. The number of benzene rings is 2. The van der Waals surface area contributed by atoms with Crippen LogP contribution < -0.4 is 15.9 Å². The van der Waals surface area contributed by atoms with Gasteiger partial charge in [-0.3, -0.25) is 4.79 Å². The van der Waals surface area contributed by atoms with Crippen molar-refractivity contribution >= 4 is 33.6 Å². The maximum absolute atomic E-state index is 13.1. The van der Waals surface area contributed by atoms with Gasteiger partial charge in [-0.2, -0.15) is 0 Å². The van der Waals surface area contributed by atoms with Gasteiger partial charge in [0.05, 0.1) is 12.6 Å². The van der Waals surface area contributed by atoms with Gasteiger partial charge in [0.2, 0.25) is 0 Å². The van der Waals surface area contributed by atoms with Crippen LogP contribution in [0.5, 0.6) is 11.5 Å². The molecule has 0 radical (unpaired) electrons. The number of pyridine rings is 1. The lowest BCUT2D eigenvalue weighted by Crippen LogP contribution is -2.21. The number of ether oxygens (including phenoxy) is 1. The number of nitrogens with zero attached hydrogens (tertiary/aromatic N) is 1. The molecule has 4 aromatic rings. The highest BCUT2D eigenvalue weighted by atomic mass is 32.2. The maximum atomic E-state index is 13.1.